The second kappa shape index (κ2) is 11.8. The van der Waals surface area contributed by atoms with Gasteiger partial charge in [-0.15, -0.1) is 11.8 Å². The number of halogens is 2. The molecule has 1 heterocycles. The molecule has 1 amide bonds. The molecule has 0 N–H and O–H groups in total. The lowest BCUT2D eigenvalue weighted by atomic mass is 9.92. The summed E-state index contributed by atoms with van der Waals surface area (Å²) < 4.78 is 32.5. The van der Waals surface area contributed by atoms with Crippen molar-refractivity contribution in [3.63, 3.8) is 0 Å². The van der Waals surface area contributed by atoms with Crippen molar-refractivity contribution in [1.29, 1.82) is 0 Å². The number of esters is 1. The maximum absolute atomic E-state index is 14.0. The van der Waals surface area contributed by atoms with Crippen LogP contribution in [0.2, 0.25) is 0 Å². The fourth-order valence-electron chi connectivity index (χ4n) is 3.21. The Hall–Kier alpha value is -1.90. The first kappa shape index (κ1) is 24.1. The molecule has 0 radical (unpaired) electrons. The van der Waals surface area contributed by atoms with E-state index >= 15 is 0 Å². The third-order valence-electron chi connectivity index (χ3n) is 5.33. The molecule has 1 fully saturated rings. The standard InChI is InChI=1S/C22H33F2NO3/c1-5-6-11-17(2)18(3)13-14-19-16-22(23,24)21(27)25(19)15-10-8-7-9-12-20(26)28-4/h13-14,17-19H,7-12,15-16H2,1-4H3/b14-13+/t17-,18+,19+/m1/s1. The summed E-state index contributed by atoms with van der Waals surface area (Å²) in [6, 6.07) is -0.565. The van der Waals surface area contributed by atoms with E-state index in [9.17, 15) is 18.4 Å². The monoisotopic (exact) mass is 397 g/mol. The Balaban J connectivity index is 2.55. The van der Waals surface area contributed by atoms with Crippen LogP contribution < -0.4 is 0 Å². The summed E-state index contributed by atoms with van der Waals surface area (Å²) in [6.07, 6.45) is 7.30. The number of rotatable bonds is 11. The lowest BCUT2D eigenvalue weighted by Crippen LogP contribution is -2.36. The number of carbonyl (C=O) groups excluding carboxylic acids is 2. The number of unbranched alkanes of at least 4 members (excludes halogenated alkanes) is 3. The van der Waals surface area contributed by atoms with E-state index in [4.69, 9.17) is 0 Å². The van der Waals surface area contributed by atoms with Crippen LogP contribution in [0.3, 0.4) is 0 Å². The molecule has 1 rings (SSSR count). The molecule has 1 aliphatic heterocycles. The van der Waals surface area contributed by atoms with E-state index in [1.165, 1.54) is 12.0 Å². The van der Waals surface area contributed by atoms with Gasteiger partial charge in [0.15, 0.2) is 0 Å². The van der Waals surface area contributed by atoms with E-state index in [2.05, 4.69) is 23.5 Å². The lowest BCUT2D eigenvalue weighted by Gasteiger charge is -2.22. The third-order valence-corrected chi connectivity index (χ3v) is 5.33. The smallest absolute Gasteiger partial charge is 0.327 e. The summed E-state index contributed by atoms with van der Waals surface area (Å²) in [5, 5.41) is 0. The highest BCUT2D eigenvalue weighted by Gasteiger charge is 2.52. The molecule has 0 aromatic carbocycles. The molecule has 0 aromatic heterocycles. The Morgan fingerprint density at radius 3 is 2.64 bits per heavy atom. The van der Waals surface area contributed by atoms with E-state index in [1.807, 2.05) is 13.0 Å². The van der Waals surface area contributed by atoms with Crippen molar-refractivity contribution in [2.45, 2.75) is 77.7 Å². The SMILES string of the molecule is CC#CC[C@@H](C)[C@@H](C)/C=C/[C@H]1CC(F)(F)C(=O)N1CCCCCCC(=O)OC. The quantitative estimate of drug-likeness (QED) is 0.222. The molecule has 0 aliphatic carbocycles. The van der Waals surface area contributed by atoms with Gasteiger partial charge >= 0.3 is 11.9 Å². The summed E-state index contributed by atoms with van der Waals surface area (Å²) in [5.41, 5.74) is 0. The van der Waals surface area contributed by atoms with Crippen molar-refractivity contribution in [3.05, 3.63) is 12.2 Å². The van der Waals surface area contributed by atoms with Gasteiger partial charge in [0.05, 0.1) is 13.2 Å². The minimum absolute atomic E-state index is 0.199. The zero-order valence-electron chi connectivity index (χ0n) is 17.5. The van der Waals surface area contributed by atoms with Gasteiger partial charge in [0.1, 0.15) is 0 Å². The molecule has 1 aliphatic rings. The zero-order valence-corrected chi connectivity index (χ0v) is 17.5. The largest absolute Gasteiger partial charge is 0.469 e. The van der Waals surface area contributed by atoms with Crippen LogP contribution >= 0.6 is 0 Å². The van der Waals surface area contributed by atoms with Gasteiger partial charge in [-0.2, -0.15) is 8.78 Å². The van der Waals surface area contributed by atoms with Gasteiger partial charge in [-0.25, -0.2) is 0 Å². The summed E-state index contributed by atoms with van der Waals surface area (Å²) in [7, 11) is 1.36. The molecule has 0 aromatic rings. The van der Waals surface area contributed by atoms with E-state index in [1.54, 1.807) is 13.0 Å². The van der Waals surface area contributed by atoms with Crippen molar-refractivity contribution < 1.29 is 23.1 Å². The maximum Gasteiger partial charge on any atom is 0.327 e. The molecule has 158 valence electrons. The van der Waals surface area contributed by atoms with E-state index in [0.717, 1.165) is 19.3 Å². The van der Waals surface area contributed by atoms with Crippen molar-refractivity contribution >= 4 is 11.9 Å². The number of amides is 1. The van der Waals surface area contributed by atoms with Gasteiger partial charge in [0.25, 0.3) is 5.91 Å². The van der Waals surface area contributed by atoms with E-state index < -0.39 is 24.3 Å². The number of alkyl halides is 2. The van der Waals surface area contributed by atoms with Gasteiger partial charge in [0.2, 0.25) is 0 Å². The Morgan fingerprint density at radius 2 is 2.00 bits per heavy atom. The van der Waals surface area contributed by atoms with Crippen LogP contribution in [0.15, 0.2) is 12.2 Å². The maximum atomic E-state index is 14.0. The van der Waals surface area contributed by atoms with Crippen molar-refractivity contribution in [2.75, 3.05) is 13.7 Å². The number of likely N-dealkylation sites (tertiary alicyclic amines) is 1. The minimum atomic E-state index is -3.29. The first-order valence-electron chi connectivity index (χ1n) is 10.1. The molecule has 28 heavy (non-hydrogen) atoms. The number of hydrogen-bond donors (Lipinski definition) is 0. The van der Waals surface area contributed by atoms with Crippen molar-refractivity contribution in [1.82, 2.24) is 4.90 Å². The normalized spacial score (nSPS) is 20.7. The third kappa shape index (κ3) is 7.61. The number of nitrogens with zero attached hydrogens (tertiary/aromatic N) is 1. The Bertz CT molecular complexity index is 607. The summed E-state index contributed by atoms with van der Waals surface area (Å²) in [4.78, 5) is 24.4. The number of carbonyl (C=O) groups is 2. The van der Waals surface area contributed by atoms with E-state index in [0.29, 0.717) is 31.7 Å². The van der Waals surface area contributed by atoms with Crippen LogP contribution in [0.5, 0.6) is 0 Å². The number of methoxy groups -OCH3 is 1. The van der Waals surface area contributed by atoms with Crippen LogP contribution in [-0.2, 0) is 14.3 Å². The van der Waals surface area contributed by atoms with Gasteiger partial charge in [-0.1, -0.05) is 38.8 Å². The Labute approximate surface area is 167 Å². The minimum Gasteiger partial charge on any atom is -0.469 e. The summed E-state index contributed by atoms with van der Waals surface area (Å²) in [5.74, 6) is 1.83. The second-order valence-corrected chi connectivity index (χ2v) is 7.57. The Morgan fingerprint density at radius 1 is 1.32 bits per heavy atom. The molecule has 0 bridgehead atoms. The summed E-state index contributed by atoms with van der Waals surface area (Å²) >= 11 is 0. The van der Waals surface area contributed by atoms with Gasteiger partial charge in [-0.05, 0) is 31.6 Å². The average Bonchev–Trinajstić information content (AvgIpc) is 2.89. The highest BCUT2D eigenvalue weighted by molar-refractivity contribution is 5.86. The molecule has 1 saturated heterocycles. The lowest BCUT2D eigenvalue weighted by molar-refractivity contribution is -0.148. The summed E-state index contributed by atoms with van der Waals surface area (Å²) in [6.45, 7) is 6.23. The zero-order chi connectivity index (χ0) is 21.2. The molecule has 0 saturated carbocycles. The fourth-order valence-corrected chi connectivity index (χ4v) is 3.21. The predicted octanol–water partition coefficient (Wildman–Crippen LogP) is 4.59. The molecule has 4 nitrogen and oxygen atoms in total. The molecule has 0 unspecified atom stereocenters. The van der Waals surface area contributed by atoms with Gasteiger partial charge in [0, 0.05) is 25.8 Å². The van der Waals surface area contributed by atoms with Crippen LogP contribution in [0, 0.1) is 23.7 Å². The predicted molar refractivity (Wildman–Crippen MR) is 106 cm³/mol. The second-order valence-electron chi connectivity index (χ2n) is 7.57. The van der Waals surface area contributed by atoms with Crippen LogP contribution in [0.25, 0.3) is 0 Å². The highest BCUT2D eigenvalue weighted by atomic mass is 19.3. The first-order chi connectivity index (χ1) is 13.2. The topological polar surface area (TPSA) is 46.6 Å². The van der Waals surface area contributed by atoms with E-state index in [-0.39, 0.29) is 11.9 Å². The number of allylic oxidation sites excluding steroid dienone is 1. The fraction of sp³-hybridized carbons (Fsp3) is 0.727. The highest BCUT2D eigenvalue weighted by Crippen LogP contribution is 2.34. The van der Waals surface area contributed by atoms with Gasteiger partial charge in [-0.3, -0.25) is 9.59 Å². The van der Waals surface area contributed by atoms with Crippen LogP contribution in [0.1, 0.15) is 65.7 Å². The van der Waals surface area contributed by atoms with Crippen molar-refractivity contribution in [2.24, 2.45) is 11.8 Å². The number of hydrogen-bond acceptors (Lipinski definition) is 3. The van der Waals surface area contributed by atoms with Gasteiger partial charge < -0.3 is 9.64 Å². The average molecular weight is 398 g/mol. The number of ether oxygens (including phenoxy) is 1. The molecular weight excluding hydrogens is 364 g/mol. The first-order valence-corrected chi connectivity index (χ1v) is 10.1. The molecule has 0 spiro atoms. The molecule has 6 heteroatoms. The molecular formula is C22H33F2NO3. The van der Waals surface area contributed by atoms with Crippen molar-refractivity contribution in [3.8, 4) is 11.8 Å². The Kier molecular flexibility index (Phi) is 10.2. The van der Waals surface area contributed by atoms with Crippen LogP contribution in [0.4, 0.5) is 8.78 Å². The molecule has 3 atom stereocenters. The van der Waals surface area contributed by atoms with Crippen LogP contribution in [-0.4, -0.2) is 42.4 Å².